The van der Waals surface area contributed by atoms with Crippen LogP contribution in [-0.2, 0) is 11.8 Å². The summed E-state index contributed by atoms with van der Waals surface area (Å²) in [4.78, 5) is 0. The molecule has 0 aliphatic carbocycles. The minimum Gasteiger partial charge on any atom is -0.335 e. The summed E-state index contributed by atoms with van der Waals surface area (Å²) in [7, 11) is 4.70. The maximum atomic E-state index is 11.1. The van der Waals surface area contributed by atoms with Gasteiger partial charge in [-0.05, 0) is 7.23 Å². The van der Waals surface area contributed by atoms with Crippen LogP contribution in [0.2, 0.25) is 0 Å². The summed E-state index contributed by atoms with van der Waals surface area (Å²) >= 11 is 4.15. The summed E-state index contributed by atoms with van der Waals surface area (Å²) in [6.45, 7) is -1.33. The van der Waals surface area contributed by atoms with E-state index < -0.39 is 6.60 Å². The van der Waals surface area contributed by atoms with E-state index in [2.05, 4.69) is 19.5 Å². The van der Waals surface area contributed by atoms with Crippen LogP contribution >= 0.6 is 7.23 Å². The first-order valence-electron chi connectivity index (χ1n) is 0.992. The van der Waals surface area contributed by atoms with E-state index in [0.717, 1.165) is 0 Å². The zero-order valence-corrected chi connectivity index (χ0v) is 4.10. The van der Waals surface area contributed by atoms with E-state index in [9.17, 15) is 4.32 Å². The Hall–Kier alpha value is 0.580. The van der Waals surface area contributed by atoms with Gasteiger partial charge in [0.1, 0.15) is 0 Å². The summed E-state index contributed by atoms with van der Waals surface area (Å²) in [5, 5.41) is 0. The zero-order chi connectivity index (χ0) is 4.28. The number of rotatable bonds is 1. The van der Waals surface area contributed by atoms with Gasteiger partial charge >= 0.3 is 6.60 Å². The monoisotopic (exact) mass is 104 g/mol. The molecule has 0 aromatic heterocycles. The predicted molar refractivity (Wildman–Crippen MR) is 26.9 cm³/mol. The van der Waals surface area contributed by atoms with Gasteiger partial charge in [-0.25, -0.2) is 0 Å². The van der Waals surface area contributed by atoms with Gasteiger partial charge in [-0.1, -0.05) is 11.8 Å². The van der Waals surface area contributed by atoms with Crippen molar-refractivity contribution < 1.29 is 4.32 Å². The first-order valence-corrected chi connectivity index (χ1v) is 2.97. The fraction of sp³-hybridized carbons (Fsp3) is 0. The Morgan fingerprint density at radius 3 is 2.20 bits per heavy atom. The SMILES string of the molecule is [B]B(F)P=S. The van der Waals surface area contributed by atoms with Gasteiger partial charge in [-0.2, -0.15) is 0 Å². The van der Waals surface area contributed by atoms with E-state index in [1.54, 1.807) is 0 Å². The molecule has 0 heterocycles. The highest BCUT2D eigenvalue weighted by atomic mass is 32.4. The molecular formula is B2FPS. The van der Waals surface area contributed by atoms with E-state index in [-0.39, 0.29) is 7.23 Å². The molecule has 0 amide bonds. The highest BCUT2D eigenvalue weighted by molar-refractivity contribution is 8.13. The van der Waals surface area contributed by atoms with Gasteiger partial charge in [-0.15, -0.1) is 0 Å². The maximum absolute atomic E-state index is 11.1. The standard InChI is InChI=1S/B2FPS/c1-2(3)4-5. The number of hydrogen-bond acceptors (Lipinski definition) is 1. The van der Waals surface area contributed by atoms with Gasteiger partial charge in [-0.3, -0.25) is 0 Å². The van der Waals surface area contributed by atoms with E-state index >= 15 is 0 Å². The normalized spacial score (nSPS) is 8.20. The molecule has 2 radical (unpaired) electrons. The lowest BCUT2D eigenvalue weighted by Crippen LogP contribution is -1.88. The second-order valence-corrected chi connectivity index (χ2v) is 1.81. The smallest absolute Gasteiger partial charge is 0.335 e. The van der Waals surface area contributed by atoms with Crippen molar-refractivity contribution in [3.63, 3.8) is 0 Å². The molecule has 0 atom stereocenters. The van der Waals surface area contributed by atoms with Crippen molar-refractivity contribution in [2.24, 2.45) is 0 Å². The molecule has 5 heteroatoms. The Kier molecular flexibility index (Phi) is 3.12. The fourth-order valence-corrected chi connectivity index (χ4v) is 0. The van der Waals surface area contributed by atoms with Crippen molar-refractivity contribution in [2.75, 3.05) is 0 Å². The van der Waals surface area contributed by atoms with E-state index in [1.165, 1.54) is 0 Å². The summed E-state index contributed by atoms with van der Waals surface area (Å²) in [6, 6.07) is 0. The van der Waals surface area contributed by atoms with Crippen molar-refractivity contribution in [3.8, 4) is 0 Å². The molecule has 0 saturated carbocycles. The van der Waals surface area contributed by atoms with Crippen LogP contribution in [-0.4, -0.2) is 14.3 Å². The second-order valence-electron chi connectivity index (χ2n) is 0.478. The third-order valence-corrected chi connectivity index (χ3v) is 0.906. The molecule has 5 heavy (non-hydrogen) atoms. The van der Waals surface area contributed by atoms with E-state index in [4.69, 9.17) is 0 Å². The molecule has 24 valence electrons. The fourth-order valence-electron chi connectivity index (χ4n) is 0. The second kappa shape index (κ2) is 2.80. The Balaban J connectivity index is 2.83. The molecule has 0 bridgehead atoms. The molecule has 0 aliphatic rings. The Labute approximate surface area is 38.5 Å². The van der Waals surface area contributed by atoms with Gasteiger partial charge in [0.25, 0.3) is 0 Å². The topological polar surface area (TPSA) is 0 Å². The molecule has 0 spiro atoms. The van der Waals surface area contributed by atoms with Crippen LogP contribution in [0.5, 0.6) is 0 Å². The van der Waals surface area contributed by atoms with Crippen LogP contribution in [0.25, 0.3) is 0 Å². The summed E-state index contributed by atoms with van der Waals surface area (Å²) in [5.41, 5.74) is 0. The minimum absolute atomic E-state index is 0.191. The first-order chi connectivity index (χ1) is 2.27. The molecule has 0 aromatic carbocycles. The van der Waals surface area contributed by atoms with Crippen molar-refractivity contribution in [1.29, 1.82) is 0 Å². The van der Waals surface area contributed by atoms with Gasteiger partial charge in [0.15, 0.2) is 0 Å². The van der Waals surface area contributed by atoms with Gasteiger partial charge < -0.3 is 4.32 Å². The third kappa shape index (κ3) is 4.58. The molecule has 0 aromatic rings. The molecule has 0 rings (SSSR count). The molecule has 0 saturated heterocycles. The lowest BCUT2D eigenvalue weighted by Gasteiger charge is -1.69. The summed E-state index contributed by atoms with van der Waals surface area (Å²) in [6.07, 6.45) is 0. The largest absolute Gasteiger partial charge is 0.357 e. The molecule has 0 nitrogen and oxygen atoms in total. The maximum Gasteiger partial charge on any atom is 0.357 e. The van der Waals surface area contributed by atoms with Crippen molar-refractivity contribution >= 4 is 33.4 Å². The Morgan fingerprint density at radius 2 is 2.20 bits per heavy atom. The van der Waals surface area contributed by atoms with Gasteiger partial charge in [0.05, 0.1) is 7.74 Å². The van der Waals surface area contributed by atoms with Crippen molar-refractivity contribution in [1.82, 2.24) is 0 Å². The van der Waals surface area contributed by atoms with Crippen LogP contribution < -0.4 is 0 Å². The van der Waals surface area contributed by atoms with Crippen LogP contribution in [0, 0.1) is 0 Å². The molecule has 0 aliphatic heterocycles. The van der Waals surface area contributed by atoms with Crippen molar-refractivity contribution in [3.05, 3.63) is 0 Å². The highest BCUT2D eigenvalue weighted by Crippen LogP contribution is 1.94. The Bertz CT molecular complexity index is 36.6. The number of halogens is 1. The van der Waals surface area contributed by atoms with Crippen LogP contribution in [0.4, 0.5) is 4.32 Å². The predicted octanol–water partition coefficient (Wildman–Crippen LogP) is 0.517. The quantitative estimate of drug-likeness (QED) is 0.345. The molecule has 0 N–H and O–H groups in total. The molecule has 0 unspecified atom stereocenters. The van der Waals surface area contributed by atoms with Crippen molar-refractivity contribution in [2.45, 2.75) is 0 Å². The zero-order valence-electron chi connectivity index (χ0n) is 2.39. The van der Waals surface area contributed by atoms with Crippen LogP contribution in [0.3, 0.4) is 0 Å². The number of hydrogen-bond donors (Lipinski definition) is 0. The lowest BCUT2D eigenvalue weighted by atomic mass is 9.73. The molecule has 0 fully saturated rings. The average Bonchev–Trinajstić information content (AvgIpc) is 1.38. The molecular weight excluding hydrogens is 104 g/mol. The Morgan fingerprint density at radius 1 is 2.00 bits per heavy atom. The van der Waals surface area contributed by atoms with Crippen LogP contribution in [0.15, 0.2) is 0 Å². The van der Waals surface area contributed by atoms with Gasteiger partial charge in [0.2, 0.25) is 0 Å². The summed E-state index contributed by atoms with van der Waals surface area (Å²) < 4.78 is 11.1. The minimum atomic E-state index is -1.33. The average molecular weight is 104 g/mol. The summed E-state index contributed by atoms with van der Waals surface area (Å²) in [5.74, 6) is 0. The van der Waals surface area contributed by atoms with E-state index in [1.807, 2.05) is 0 Å². The third-order valence-electron chi connectivity index (χ3n) is 0.101. The van der Waals surface area contributed by atoms with Gasteiger partial charge in [0, 0.05) is 0 Å². The van der Waals surface area contributed by atoms with E-state index in [0.29, 0.717) is 0 Å². The first kappa shape index (κ1) is 5.58. The lowest BCUT2D eigenvalue weighted by molar-refractivity contribution is 0.886. The van der Waals surface area contributed by atoms with Crippen LogP contribution in [0.1, 0.15) is 0 Å². The highest BCUT2D eigenvalue weighted by Gasteiger charge is 1.93.